The Labute approximate surface area is 116 Å². The van der Waals surface area contributed by atoms with Crippen LogP contribution in [0.3, 0.4) is 0 Å². The van der Waals surface area contributed by atoms with E-state index in [1.165, 1.54) is 21.6 Å². The van der Waals surface area contributed by atoms with Crippen molar-refractivity contribution in [2.24, 2.45) is 11.5 Å². The fourth-order valence-corrected chi connectivity index (χ4v) is 2.61. The zero-order chi connectivity index (χ0) is 11.1. The quantitative estimate of drug-likeness (QED) is 0.300. The molecule has 0 spiro atoms. The summed E-state index contributed by atoms with van der Waals surface area (Å²) in [6.07, 6.45) is 0. The Morgan fingerprint density at radius 1 is 0.941 bits per heavy atom. The van der Waals surface area contributed by atoms with Gasteiger partial charge in [-0.25, -0.2) is 0 Å². The Hall–Kier alpha value is -0.0400. The van der Waals surface area contributed by atoms with Crippen LogP contribution in [-0.2, 0) is 9.59 Å². The second-order valence-electron chi connectivity index (χ2n) is 2.46. The maximum atomic E-state index is 10.3. The number of nitrogens with two attached hydrogens (primary N) is 2. The predicted octanol–water partition coefficient (Wildman–Crippen LogP) is -1.88. The smallest absolute Gasteiger partial charge is 0.321 e. The fraction of sp³-hybridized carbons (Fsp3) is 0.667. The van der Waals surface area contributed by atoms with Crippen LogP contribution < -0.4 is 11.5 Å². The molecule has 0 heterocycles. The minimum Gasteiger partial charge on any atom is -0.480 e. The van der Waals surface area contributed by atoms with Gasteiger partial charge in [-0.1, -0.05) is 21.6 Å². The molecule has 0 rings (SSSR count). The van der Waals surface area contributed by atoms with Gasteiger partial charge < -0.3 is 32.6 Å². The monoisotopic (exact) mass is 356 g/mol. The molecule has 11 heteroatoms. The molecule has 0 unspecified atom stereocenters. The Morgan fingerprint density at radius 2 is 1.18 bits per heavy atom. The lowest BCUT2D eigenvalue weighted by Crippen LogP contribution is -2.33. The van der Waals surface area contributed by atoms with Gasteiger partial charge in [0.15, 0.2) is 0 Å². The summed E-state index contributed by atoms with van der Waals surface area (Å²) >= 11 is 0. The highest BCUT2D eigenvalue weighted by molar-refractivity contribution is 8.93. The molecule has 0 bridgehead atoms. The summed E-state index contributed by atoms with van der Waals surface area (Å²) in [5.74, 6) is -1.68. The maximum Gasteiger partial charge on any atom is 0.321 e. The van der Waals surface area contributed by atoms with E-state index >= 15 is 0 Å². The molecule has 0 aliphatic carbocycles. The molecule has 0 saturated carbocycles. The molecule has 0 radical (unpaired) electrons. The van der Waals surface area contributed by atoms with Crippen LogP contribution in [-0.4, -0.2) is 56.7 Å². The summed E-state index contributed by atoms with van der Waals surface area (Å²) in [4.78, 5) is 20.5. The highest BCUT2D eigenvalue weighted by Gasteiger charge is 2.14. The highest BCUT2D eigenvalue weighted by Crippen LogP contribution is 2.22. The summed E-state index contributed by atoms with van der Waals surface area (Å²) in [6.45, 7) is 0. The third kappa shape index (κ3) is 13.9. The summed E-state index contributed by atoms with van der Waals surface area (Å²) in [7, 11) is 2.41. The normalized spacial score (nSPS) is 12.1. The van der Waals surface area contributed by atoms with Crippen LogP contribution in [0.15, 0.2) is 0 Å². The van der Waals surface area contributed by atoms with E-state index in [2.05, 4.69) is 0 Å². The molecular formula is C6H17BrN2O6S2. The van der Waals surface area contributed by atoms with Gasteiger partial charge in [-0.05, 0) is 0 Å². The van der Waals surface area contributed by atoms with E-state index in [-0.39, 0.29) is 39.4 Å². The number of aliphatic carboxylic acids is 2. The predicted molar refractivity (Wildman–Crippen MR) is 73.7 cm³/mol. The molecule has 8 nitrogen and oxygen atoms in total. The minimum atomic E-state index is -1.07. The van der Waals surface area contributed by atoms with Crippen molar-refractivity contribution >= 4 is 50.5 Å². The minimum absolute atomic E-state index is 0. The molecule has 0 aromatic carbocycles. The molecule has 0 fully saturated rings. The highest BCUT2D eigenvalue weighted by atomic mass is 79.9. The number of carboxylic acid groups (broad SMARTS) is 2. The number of carbonyl (C=O) groups is 2. The van der Waals surface area contributed by atoms with Crippen LogP contribution in [0, 0.1) is 0 Å². The zero-order valence-electron chi connectivity index (χ0n) is 8.66. The number of hydrogen-bond acceptors (Lipinski definition) is 6. The van der Waals surface area contributed by atoms with Gasteiger partial charge in [0.25, 0.3) is 0 Å². The van der Waals surface area contributed by atoms with Crippen molar-refractivity contribution in [3.63, 3.8) is 0 Å². The lowest BCUT2D eigenvalue weighted by molar-refractivity contribution is -0.138. The molecule has 17 heavy (non-hydrogen) atoms. The van der Waals surface area contributed by atoms with Crippen LogP contribution in [0.5, 0.6) is 0 Å². The topological polar surface area (TPSA) is 190 Å². The summed E-state index contributed by atoms with van der Waals surface area (Å²) in [5.41, 5.74) is 10.4. The van der Waals surface area contributed by atoms with Crippen molar-refractivity contribution in [1.82, 2.24) is 0 Å². The van der Waals surface area contributed by atoms with Gasteiger partial charge >= 0.3 is 11.9 Å². The van der Waals surface area contributed by atoms with Gasteiger partial charge in [0, 0.05) is 11.5 Å². The van der Waals surface area contributed by atoms with Gasteiger partial charge in [-0.2, -0.15) is 0 Å². The Bertz CT molecular complexity index is 201. The third-order valence-corrected chi connectivity index (χ3v) is 3.69. The molecule has 0 aliphatic heterocycles. The number of carboxylic acids is 2. The van der Waals surface area contributed by atoms with Crippen molar-refractivity contribution in [2.75, 3.05) is 11.5 Å². The van der Waals surface area contributed by atoms with Gasteiger partial charge in [-0.3, -0.25) is 9.59 Å². The first-order valence-corrected chi connectivity index (χ1v) is 6.15. The van der Waals surface area contributed by atoms with E-state index in [9.17, 15) is 9.59 Å². The molecule has 2 atom stereocenters. The van der Waals surface area contributed by atoms with E-state index in [4.69, 9.17) is 21.7 Å². The summed E-state index contributed by atoms with van der Waals surface area (Å²) < 4.78 is 0. The van der Waals surface area contributed by atoms with Gasteiger partial charge in [0.2, 0.25) is 0 Å². The third-order valence-electron chi connectivity index (χ3n) is 1.21. The largest absolute Gasteiger partial charge is 0.480 e. The molecule has 0 aromatic rings. The lowest BCUT2D eigenvalue weighted by Gasteiger charge is -2.07. The second-order valence-corrected chi connectivity index (χ2v) is 5.01. The Balaban J connectivity index is -0.000000282. The van der Waals surface area contributed by atoms with E-state index < -0.39 is 24.0 Å². The van der Waals surface area contributed by atoms with Crippen LogP contribution in [0.2, 0.25) is 0 Å². The van der Waals surface area contributed by atoms with Gasteiger partial charge in [-0.15, -0.1) is 17.0 Å². The SMILES string of the molecule is Br.N[C@@H](CSSC[C@H](N)C(=O)O)C(=O)O.O.O. The average Bonchev–Trinajstić information content (AvgIpc) is 2.11. The maximum absolute atomic E-state index is 10.3. The van der Waals surface area contributed by atoms with Crippen molar-refractivity contribution in [3.05, 3.63) is 0 Å². The van der Waals surface area contributed by atoms with E-state index in [0.717, 1.165) is 0 Å². The fourth-order valence-electron chi connectivity index (χ4n) is 0.385. The van der Waals surface area contributed by atoms with Crippen LogP contribution in [0.4, 0.5) is 0 Å². The lowest BCUT2D eigenvalue weighted by atomic mass is 10.4. The van der Waals surface area contributed by atoms with Gasteiger partial charge in [0.1, 0.15) is 12.1 Å². The van der Waals surface area contributed by atoms with E-state index in [1.807, 2.05) is 0 Å². The van der Waals surface area contributed by atoms with Crippen molar-refractivity contribution < 1.29 is 30.8 Å². The first kappa shape index (κ1) is 25.7. The zero-order valence-corrected chi connectivity index (χ0v) is 12.0. The van der Waals surface area contributed by atoms with Crippen LogP contribution in [0.1, 0.15) is 0 Å². The second kappa shape index (κ2) is 14.0. The molecule has 0 amide bonds. The Kier molecular flexibility index (Phi) is 21.2. The Morgan fingerprint density at radius 3 is 1.35 bits per heavy atom. The van der Waals surface area contributed by atoms with Crippen molar-refractivity contribution in [1.29, 1.82) is 0 Å². The summed E-state index contributed by atoms with van der Waals surface area (Å²) in [6, 6.07) is -1.85. The molecule has 0 saturated heterocycles. The molecule has 0 aliphatic rings. The van der Waals surface area contributed by atoms with Gasteiger partial charge in [0.05, 0.1) is 0 Å². The summed E-state index contributed by atoms with van der Waals surface area (Å²) in [5, 5.41) is 16.8. The first-order valence-electron chi connectivity index (χ1n) is 3.66. The molecule has 106 valence electrons. The van der Waals surface area contributed by atoms with Crippen molar-refractivity contribution in [2.45, 2.75) is 12.1 Å². The number of rotatable bonds is 7. The molecule has 10 N–H and O–H groups in total. The standard InChI is InChI=1S/C6H12N2O4S2.BrH.2H2O/c7-3(5(9)10)1-13-14-2-4(8)6(11)12;;;/h3-4H,1-2,7-8H2,(H,9,10)(H,11,12);1H;2*1H2/t3-,4-;;;/m0.../s1. The van der Waals surface area contributed by atoms with E-state index in [1.54, 1.807) is 0 Å². The van der Waals surface area contributed by atoms with Crippen LogP contribution in [0.25, 0.3) is 0 Å². The first-order chi connectivity index (χ1) is 6.45. The number of hydrogen-bond donors (Lipinski definition) is 4. The average molecular weight is 357 g/mol. The number of halogens is 1. The van der Waals surface area contributed by atoms with Crippen molar-refractivity contribution in [3.8, 4) is 0 Å². The molecule has 0 aromatic heterocycles. The van der Waals surface area contributed by atoms with Crippen LogP contribution >= 0.6 is 38.6 Å². The van der Waals surface area contributed by atoms with E-state index in [0.29, 0.717) is 0 Å². The molecular weight excluding hydrogens is 340 g/mol.